The minimum atomic E-state index is -0.829. The number of amides is 2. The van der Waals surface area contributed by atoms with Crippen molar-refractivity contribution in [2.45, 2.75) is 12.5 Å². The van der Waals surface area contributed by atoms with Gasteiger partial charge in [-0.2, -0.15) is 5.10 Å². The maximum Gasteiger partial charge on any atom is 0.252 e. The highest BCUT2D eigenvalue weighted by atomic mass is 16.5. The second-order valence-electron chi connectivity index (χ2n) is 5.93. The summed E-state index contributed by atoms with van der Waals surface area (Å²) in [6.45, 7) is 0. The smallest absolute Gasteiger partial charge is 0.252 e. The largest absolute Gasteiger partial charge is 0.508 e. The maximum absolute atomic E-state index is 12.1. The minimum absolute atomic E-state index is 0.0925. The number of ether oxygens (including phenoxy) is 1. The van der Waals surface area contributed by atoms with Gasteiger partial charge < -0.3 is 15.2 Å². The van der Waals surface area contributed by atoms with Crippen molar-refractivity contribution >= 4 is 29.7 Å². The molecule has 2 amide bonds. The zero-order valence-corrected chi connectivity index (χ0v) is 15.0. The van der Waals surface area contributed by atoms with E-state index in [-0.39, 0.29) is 29.9 Å². The number of hydrogen-bond acceptors (Lipinski definition) is 7. The second-order valence-corrected chi connectivity index (χ2v) is 5.93. The van der Waals surface area contributed by atoms with Crippen molar-refractivity contribution in [3.63, 3.8) is 0 Å². The Bertz CT molecular complexity index is 907. The van der Waals surface area contributed by atoms with E-state index in [4.69, 9.17) is 4.74 Å². The Morgan fingerprint density at radius 3 is 2.64 bits per heavy atom. The number of anilines is 1. The van der Waals surface area contributed by atoms with Gasteiger partial charge in [-0.3, -0.25) is 14.9 Å². The lowest BCUT2D eigenvalue weighted by molar-refractivity contribution is -0.123. The Morgan fingerprint density at radius 2 is 1.96 bits per heavy atom. The molecule has 3 rings (SSSR count). The van der Waals surface area contributed by atoms with Gasteiger partial charge in [0.15, 0.2) is 0 Å². The fourth-order valence-corrected chi connectivity index (χ4v) is 2.43. The Balaban J connectivity index is 1.52. The summed E-state index contributed by atoms with van der Waals surface area (Å²) < 4.78 is 5.06. The van der Waals surface area contributed by atoms with Gasteiger partial charge >= 0.3 is 0 Å². The number of nitrogens with zero attached hydrogens (tertiary/aromatic N) is 2. The summed E-state index contributed by atoms with van der Waals surface area (Å²) in [5.41, 5.74) is 3.98. The number of aliphatic imine (C=N–C) groups is 1. The molecule has 1 aliphatic rings. The topological polar surface area (TPSA) is 124 Å². The average molecular weight is 381 g/mol. The SMILES string of the molecule is COc1ccc(NC(=O)C[C@@H]2N=C(N/N=C\c3ccc(O)cc3)NC2=O)cc1. The quantitative estimate of drug-likeness (QED) is 0.442. The van der Waals surface area contributed by atoms with Crippen LogP contribution in [0.15, 0.2) is 58.6 Å². The van der Waals surface area contributed by atoms with Gasteiger partial charge in [-0.15, -0.1) is 0 Å². The third-order valence-electron chi connectivity index (χ3n) is 3.86. The number of nitrogens with one attached hydrogen (secondary N) is 3. The molecule has 4 N–H and O–H groups in total. The van der Waals surface area contributed by atoms with Crippen LogP contribution in [0.3, 0.4) is 0 Å². The molecule has 9 heteroatoms. The molecule has 9 nitrogen and oxygen atoms in total. The number of aromatic hydroxyl groups is 1. The van der Waals surface area contributed by atoms with Crippen molar-refractivity contribution in [1.29, 1.82) is 0 Å². The number of methoxy groups -OCH3 is 1. The molecule has 1 aliphatic heterocycles. The van der Waals surface area contributed by atoms with Gasteiger partial charge in [0.1, 0.15) is 17.5 Å². The van der Waals surface area contributed by atoms with Crippen LogP contribution in [-0.4, -0.2) is 42.2 Å². The summed E-state index contributed by atoms with van der Waals surface area (Å²) in [7, 11) is 1.56. The van der Waals surface area contributed by atoms with Crippen molar-refractivity contribution in [1.82, 2.24) is 10.7 Å². The van der Waals surface area contributed by atoms with E-state index in [1.807, 2.05) is 0 Å². The number of carbonyl (C=O) groups is 2. The molecule has 0 saturated heterocycles. The fourth-order valence-electron chi connectivity index (χ4n) is 2.43. The molecule has 1 heterocycles. The number of carbonyl (C=O) groups excluding carboxylic acids is 2. The molecule has 144 valence electrons. The zero-order valence-electron chi connectivity index (χ0n) is 15.0. The highest BCUT2D eigenvalue weighted by molar-refractivity contribution is 6.07. The van der Waals surface area contributed by atoms with Crippen molar-refractivity contribution < 1.29 is 19.4 Å². The van der Waals surface area contributed by atoms with Crippen LogP contribution in [-0.2, 0) is 9.59 Å². The van der Waals surface area contributed by atoms with Gasteiger partial charge in [0.25, 0.3) is 5.91 Å². The van der Waals surface area contributed by atoms with Gasteiger partial charge in [0.05, 0.1) is 19.7 Å². The van der Waals surface area contributed by atoms with Crippen molar-refractivity contribution in [2.24, 2.45) is 10.1 Å². The average Bonchev–Trinajstić information content (AvgIpc) is 3.03. The van der Waals surface area contributed by atoms with Crippen LogP contribution in [0.2, 0.25) is 0 Å². The Morgan fingerprint density at radius 1 is 1.25 bits per heavy atom. The molecular weight excluding hydrogens is 362 g/mol. The summed E-state index contributed by atoms with van der Waals surface area (Å²) >= 11 is 0. The summed E-state index contributed by atoms with van der Waals surface area (Å²) in [6.07, 6.45) is 1.42. The maximum atomic E-state index is 12.1. The molecule has 0 spiro atoms. The molecule has 0 radical (unpaired) electrons. The molecule has 0 aromatic heterocycles. The lowest BCUT2D eigenvalue weighted by Gasteiger charge is -2.07. The molecule has 2 aromatic rings. The number of rotatable bonds is 6. The van der Waals surface area contributed by atoms with E-state index in [1.165, 1.54) is 18.3 Å². The number of guanidine groups is 1. The summed E-state index contributed by atoms with van der Waals surface area (Å²) in [4.78, 5) is 28.3. The van der Waals surface area contributed by atoms with E-state index in [0.717, 1.165) is 5.56 Å². The van der Waals surface area contributed by atoms with Gasteiger partial charge in [-0.05, 0) is 54.1 Å². The van der Waals surface area contributed by atoms with Gasteiger partial charge in [-0.25, -0.2) is 10.4 Å². The van der Waals surface area contributed by atoms with Crippen LogP contribution >= 0.6 is 0 Å². The van der Waals surface area contributed by atoms with E-state index in [2.05, 4.69) is 26.2 Å². The zero-order chi connectivity index (χ0) is 19.9. The standard InChI is InChI=1S/C19H19N5O4/c1-28-15-8-4-13(5-9-15)21-17(26)10-16-18(27)23-19(22-16)24-20-11-12-2-6-14(25)7-3-12/h2-9,11,16,25H,10H2,1H3,(H,21,26)(H2,22,23,24,27)/b20-11-/t16-/m0/s1. The third-order valence-corrected chi connectivity index (χ3v) is 3.86. The van der Waals surface area contributed by atoms with E-state index < -0.39 is 6.04 Å². The Hall–Kier alpha value is -3.88. The highest BCUT2D eigenvalue weighted by Gasteiger charge is 2.28. The van der Waals surface area contributed by atoms with Crippen LogP contribution < -0.4 is 20.8 Å². The lowest BCUT2D eigenvalue weighted by atomic mass is 10.2. The van der Waals surface area contributed by atoms with Crippen molar-refractivity contribution in [3.8, 4) is 11.5 Å². The number of phenols is 1. The van der Waals surface area contributed by atoms with Crippen LogP contribution in [0.1, 0.15) is 12.0 Å². The molecule has 2 aromatic carbocycles. The first-order valence-electron chi connectivity index (χ1n) is 8.44. The van der Waals surface area contributed by atoms with Crippen LogP contribution in [0, 0.1) is 0 Å². The van der Waals surface area contributed by atoms with E-state index in [0.29, 0.717) is 11.4 Å². The predicted octanol–water partition coefficient (Wildman–Crippen LogP) is 1.21. The highest BCUT2D eigenvalue weighted by Crippen LogP contribution is 2.16. The molecule has 0 fully saturated rings. The number of hydrogen-bond donors (Lipinski definition) is 4. The Labute approximate surface area is 161 Å². The van der Waals surface area contributed by atoms with Crippen LogP contribution in [0.25, 0.3) is 0 Å². The molecule has 1 atom stereocenters. The van der Waals surface area contributed by atoms with E-state index in [1.54, 1.807) is 43.5 Å². The normalized spacial score (nSPS) is 15.8. The summed E-state index contributed by atoms with van der Waals surface area (Å²) in [6, 6.07) is 12.5. The third kappa shape index (κ3) is 5.07. The number of benzene rings is 2. The van der Waals surface area contributed by atoms with Gasteiger partial charge in [0.2, 0.25) is 11.9 Å². The number of phenolic OH excluding ortho intramolecular Hbond substituents is 1. The van der Waals surface area contributed by atoms with Crippen LogP contribution in [0.5, 0.6) is 11.5 Å². The second kappa shape index (κ2) is 8.67. The van der Waals surface area contributed by atoms with Gasteiger partial charge in [-0.1, -0.05) is 0 Å². The first-order valence-corrected chi connectivity index (χ1v) is 8.44. The first kappa shape index (κ1) is 18.9. The van der Waals surface area contributed by atoms with Crippen LogP contribution in [0.4, 0.5) is 5.69 Å². The van der Waals surface area contributed by atoms with E-state index in [9.17, 15) is 14.7 Å². The molecule has 28 heavy (non-hydrogen) atoms. The van der Waals surface area contributed by atoms with Crippen molar-refractivity contribution in [2.75, 3.05) is 12.4 Å². The van der Waals surface area contributed by atoms with E-state index >= 15 is 0 Å². The predicted molar refractivity (Wildman–Crippen MR) is 104 cm³/mol. The summed E-state index contributed by atoms with van der Waals surface area (Å²) in [5.74, 6) is 0.298. The molecule has 0 bridgehead atoms. The fraction of sp³-hybridized carbons (Fsp3) is 0.158. The molecule has 0 aliphatic carbocycles. The minimum Gasteiger partial charge on any atom is -0.508 e. The molecule has 0 unspecified atom stereocenters. The monoisotopic (exact) mass is 381 g/mol. The molecule has 0 saturated carbocycles. The summed E-state index contributed by atoms with van der Waals surface area (Å²) in [5, 5.41) is 18.5. The Kier molecular flexibility index (Phi) is 5.85. The molecular formula is C19H19N5O4. The lowest BCUT2D eigenvalue weighted by Crippen LogP contribution is -2.35. The first-order chi connectivity index (χ1) is 13.5. The number of hydrazone groups is 1. The van der Waals surface area contributed by atoms with Gasteiger partial charge in [0, 0.05) is 5.69 Å². The van der Waals surface area contributed by atoms with Crippen molar-refractivity contribution in [3.05, 3.63) is 54.1 Å².